The summed E-state index contributed by atoms with van der Waals surface area (Å²) in [6.45, 7) is 7.30. The summed E-state index contributed by atoms with van der Waals surface area (Å²) in [6, 6.07) is 0.224. The number of rotatable bonds is 6. The lowest BCUT2D eigenvalue weighted by Crippen LogP contribution is -2.30. The Morgan fingerprint density at radius 2 is 1.73 bits per heavy atom. The van der Waals surface area contributed by atoms with Crippen LogP contribution in [0, 0.1) is 0 Å². The van der Waals surface area contributed by atoms with Crippen LogP contribution in [-0.2, 0) is 9.84 Å². The summed E-state index contributed by atoms with van der Waals surface area (Å²) in [5.41, 5.74) is 5.76. The maximum absolute atomic E-state index is 11.7. The average molecular weight is 235 g/mol. The van der Waals surface area contributed by atoms with E-state index in [1.807, 2.05) is 0 Å². The molecule has 0 amide bonds. The van der Waals surface area contributed by atoms with Crippen LogP contribution in [-0.4, -0.2) is 25.0 Å². The summed E-state index contributed by atoms with van der Waals surface area (Å²) < 4.78 is 22.8. The van der Waals surface area contributed by atoms with Crippen LogP contribution in [0.2, 0.25) is 0 Å². The molecular formula is C11H25NO2S. The zero-order chi connectivity index (χ0) is 12.1. The van der Waals surface area contributed by atoms with Crippen molar-refractivity contribution in [2.75, 3.05) is 5.75 Å². The molecule has 0 heterocycles. The third kappa shape index (κ3) is 5.52. The van der Waals surface area contributed by atoms with E-state index >= 15 is 0 Å². The first-order valence-electron chi connectivity index (χ1n) is 5.68. The van der Waals surface area contributed by atoms with Gasteiger partial charge in [0.05, 0.1) is 10.5 Å². The second-order valence-corrected chi connectivity index (χ2v) is 7.96. The number of sulfone groups is 1. The molecule has 0 aromatic carbocycles. The molecule has 0 aliphatic heterocycles. The predicted octanol–water partition coefficient (Wildman–Crippen LogP) is 2.11. The van der Waals surface area contributed by atoms with E-state index in [0.29, 0.717) is 0 Å². The van der Waals surface area contributed by atoms with Gasteiger partial charge in [-0.25, -0.2) is 8.42 Å². The molecule has 0 aliphatic rings. The molecule has 0 bridgehead atoms. The molecule has 4 heteroatoms. The Labute approximate surface area is 94.4 Å². The van der Waals surface area contributed by atoms with Gasteiger partial charge < -0.3 is 5.73 Å². The van der Waals surface area contributed by atoms with E-state index in [9.17, 15) is 8.42 Å². The molecule has 0 radical (unpaired) electrons. The first-order chi connectivity index (χ1) is 6.70. The highest BCUT2D eigenvalue weighted by atomic mass is 32.2. The maximum Gasteiger partial charge on any atom is 0.155 e. The van der Waals surface area contributed by atoms with Crippen molar-refractivity contribution in [2.45, 2.75) is 64.2 Å². The normalized spacial score (nSPS) is 15.3. The molecule has 0 saturated carbocycles. The molecule has 3 nitrogen and oxygen atoms in total. The Morgan fingerprint density at radius 1 is 1.20 bits per heavy atom. The monoisotopic (exact) mass is 235 g/mol. The topological polar surface area (TPSA) is 60.2 Å². The smallest absolute Gasteiger partial charge is 0.155 e. The van der Waals surface area contributed by atoms with E-state index in [1.54, 1.807) is 20.8 Å². The van der Waals surface area contributed by atoms with Crippen molar-refractivity contribution >= 4 is 9.84 Å². The van der Waals surface area contributed by atoms with E-state index < -0.39 is 14.6 Å². The van der Waals surface area contributed by atoms with Crippen molar-refractivity contribution in [2.24, 2.45) is 5.73 Å². The molecule has 0 aromatic heterocycles. The molecule has 0 aliphatic carbocycles. The third-order valence-corrected chi connectivity index (χ3v) is 5.39. The highest BCUT2D eigenvalue weighted by Crippen LogP contribution is 2.17. The van der Waals surface area contributed by atoms with E-state index in [1.165, 1.54) is 0 Å². The minimum atomic E-state index is -2.94. The van der Waals surface area contributed by atoms with Crippen LogP contribution >= 0.6 is 0 Å². The van der Waals surface area contributed by atoms with Gasteiger partial charge in [-0.15, -0.1) is 0 Å². The molecular weight excluding hydrogens is 210 g/mol. The van der Waals surface area contributed by atoms with Gasteiger partial charge in [0.2, 0.25) is 0 Å². The summed E-state index contributed by atoms with van der Waals surface area (Å²) in [6.07, 6.45) is 3.53. The van der Waals surface area contributed by atoms with Gasteiger partial charge in [0.1, 0.15) is 0 Å². The van der Waals surface area contributed by atoms with Crippen LogP contribution in [0.15, 0.2) is 0 Å². The van der Waals surface area contributed by atoms with E-state index in [0.717, 1.165) is 25.7 Å². The van der Waals surface area contributed by atoms with Crippen molar-refractivity contribution in [1.82, 2.24) is 0 Å². The largest absolute Gasteiger partial charge is 0.328 e. The zero-order valence-electron chi connectivity index (χ0n) is 10.4. The predicted molar refractivity (Wildman–Crippen MR) is 65.7 cm³/mol. The lowest BCUT2D eigenvalue weighted by molar-refractivity contribution is 0.540. The standard InChI is InChI=1S/C11H25NO2S/c1-5-10(12)8-6-7-9-15(13,14)11(2,3)4/h10H,5-9,12H2,1-4H3. The second kappa shape index (κ2) is 5.85. The van der Waals surface area contributed by atoms with Gasteiger partial charge in [-0.3, -0.25) is 0 Å². The fraction of sp³-hybridized carbons (Fsp3) is 1.00. The van der Waals surface area contributed by atoms with Crippen LogP contribution in [0.3, 0.4) is 0 Å². The van der Waals surface area contributed by atoms with Crippen LogP contribution < -0.4 is 5.73 Å². The first kappa shape index (κ1) is 14.9. The Morgan fingerprint density at radius 3 is 2.13 bits per heavy atom. The van der Waals surface area contributed by atoms with Crippen LogP contribution in [0.25, 0.3) is 0 Å². The molecule has 0 rings (SSSR count). The van der Waals surface area contributed by atoms with Crippen LogP contribution in [0.4, 0.5) is 0 Å². The van der Waals surface area contributed by atoms with Crippen molar-refractivity contribution < 1.29 is 8.42 Å². The highest BCUT2D eigenvalue weighted by molar-refractivity contribution is 7.92. The van der Waals surface area contributed by atoms with E-state index in [4.69, 9.17) is 5.73 Å². The quantitative estimate of drug-likeness (QED) is 0.717. The van der Waals surface area contributed by atoms with Crippen molar-refractivity contribution in [3.05, 3.63) is 0 Å². The minimum absolute atomic E-state index is 0.224. The molecule has 0 saturated heterocycles. The SMILES string of the molecule is CCC(N)CCCCS(=O)(=O)C(C)(C)C. The van der Waals surface area contributed by atoms with Crippen LogP contribution in [0.5, 0.6) is 0 Å². The lowest BCUT2D eigenvalue weighted by Gasteiger charge is -2.19. The summed E-state index contributed by atoms with van der Waals surface area (Å²) >= 11 is 0. The molecule has 0 spiro atoms. The molecule has 2 N–H and O–H groups in total. The number of unbranched alkanes of at least 4 members (excludes halogenated alkanes) is 1. The van der Waals surface area contributed by atoms with E-state index in [2.05, 4.69) is 6.92 Å². The van der Waals surface area contributed by atoms with Gasteiger partial charge in [-0.1, -0.05) is 13.3 Å². The molecule has 1 unspecified atom stereocenters. The minimum Gasteiger partial charge on any atom is -0.328 e. The lowest BCUT2D eigenvalue weighted by atomic mass is 10.1. The Kier molecular flexibility index (Phi) is 5.81. The fourth-order valence-corrected chi connectivity index (χ4v) is 2.41. The summed E-state index contributed by atoms with van der Waals surface area (Å²) in [4.78, 5) is 0. The molecule has 0 fully saturated rings. The molecule has 92 valence electrons. The van der Waals surface area contributed by atoms with Crippen molar-refractivity contribution in [1.29, 1.82) is 0 Å². The third-order valence-electron chi connectivity index (χ3n) is 2.70. The molecule has 15 heavy (non-hydrogen) atoms. The Hall–Kier alpha value is -0.0900. The van der Waals surface area contributed by atoms with Crippen molar-refractivity contribution in [3.8, 4) is 0 Å². The van der Waals surface area contributed by atoms with E-state index in [-0.39, 0.29) is 11.8 Å². The summed E-state index contributed by atoms with van der Waals surface area (Å²) in [5, 5.41) is 0. The Bertz CT molecular complexity index is 265. The van der Waals surface area contributed by atoms with Gasteiger partial charge in [-0.05, 0) is 40.0 Å². The summed E-state index contributed by atoms with van der Waals surface area (Å²) in [7, 11) is -2.94. The number of hydrogen-bond acceptors (Lipinski definition) is 3. The van der Waals surface area contributed by atoms with Gasteiger partial charge >= 0.3 is 0 Å². The average Bonchev–Trinajstić information content (AvgIpc) is 2.10. The molecule has 1 atom stereocenters. The second-order valence-electron chi connectivity index (χ2n) is 5.10. The number of nitrogens with two attached hydrogens (primary N) is 1. The van der Waals surface area contributed by atoms with Gasteiger partial charge in [0.15, 0.2) is 9.84 Å². The zero-order valence-corrected chi connectivity index (χ0v) is 11.2. The highest BCUT2D eigenvalue weighted by Gasteiger charge is 2.27. The first-order valence-corrected chi connectivity index (χ1v) is 7.34. The van der Waals surface area contributed by atoms with Crippen molar-refractivity contribution in [3.63, 3.8) is 0 Å². The maximum atomic E-state index is 11.7. The Balaban J connectivity index is 3.88. The summed E-state index contributed by atoms with van der Waals surface area (Å²) in [5.74, 6) is 0.285. The van der Waals surface area contributed by atoms with Gasteiger partial charge in [-0.2, -0.15) is 0 Å². The van der Waals surface area contributed by atoms with Gasteiger partial charge in [0.25, 0.3) is 0 Å². The number of hydrogen-bond donors (Lipinski definition) is 1. The fourth-order valence-electron chi connectivity index (χ4n) is 1.21. The van der Waals surface area contributed by atoms with Crippen LogP contribution in [0.1, 0.15) is 53.4 Å². The molecule has 0 aromatic rings. The van der Waals surface area contributed by atoms with Gasteiger partial charge in [0, 0.05) is 6.04 Å².